The first-order valence-electron chi connectivity index (χ1n) is 3.48. The Labute approximate surface area is 67.4 Å². The van der Waals surface area contributed by atoms with E-state index in [1.165, 1.54) is 0 Å². The van der Waals surface area contributed by atoms with E-state index in [0.29, 0.717) is 13.2 Å². The molecule has 0 aromatic heterocycles. The molecule has 0 radical (unpaired) electrons. The zero-order chi connectivity index (χ0) is 8.74. The summed E-state index contributed by atoms with van der Waals surface area (Å²) >= 11 is 0. The van der Waals surface area contributed by atoms with Gasteiger partial charge in [-0.25, -0.2) is 8.42 Å². The second-order valence-corrected chi connectivity index (χ2v) is 3.92. The molecule has 0 saturated heterocycles. The molecule has 11 heavy (non-hydrogen) atoms. The Kier molecular flexibility index (Phi) is 5.45. The van der Waals surface area contributed by atoms with E-state index in [4.69, 9.17) is 9.47 Å². The smallest absolute Gasteiger partial charge is 0.198 e. The summed E-state index contributed by atoms with van der Waals surface area (Å²) in [6, 6.07) is 0. The maximum Gasteiger partial charge on any atom is 0.198 e. The first-order valence-corrected chi connectivity index (χ1v) is 5.30. The fourth-order valence-electron chi connectivity index (χ4n) is 0.455. The van der Waals surface area contributed by atoms with Crippen LogP contribution in [-0.2, 0) is 19.3 Å². The van der Waals surface area contributed by atoms with Crippen LogP contribution in [0, 0.1) is 0 Å². The number of hydrogen-bond donors (Lipinski definition) is 0. The first-order chi connectivity index (χ1) is 5.12. The van der Waals surface area contributed by atoms with Crippen molar-refractivity contribution >= 4 is 9.84 Å². The highest BCUT2D eigenvalue weighted by Crippen LogP contribution is 1.92. The molecule has 4 nitrogen and oxygen atoms in total. The van der Waals surface area contributed by atoms with Crippen molar-refractivity contribution < 1.29 is 17.9 Å². The van der Waals surface area contributed by atoms with Crippen LogP contribution in [0.5, 0.6) is 0 Å². The lowest BCUT2D eigenvalue weighted by atomic mass is 10.9. The molecule has 0 heterocycles. The third-order valence-corrected chi connectivity index (χ3v) is 1.99. The Hall–Kier alpha value is -0.130. The van der Waals surface area contributed by atoms with Gasteiger partial charge in [0.05, 0.1) is 0 Å². The minimum Gasteiger partial charge on any atom is -0.366 e. The van der Waals surface area contributed by atoms with Crippen LogP contribution in [0.1, 0.15) is 13.8 Å². The summed E-state index contributed by atoms with van der Waals surface area (Å²) in [5.41, 5.74) is 0. The molecule has 0 N–H and O–H groups in total. The molecule has 0 aromatic carbocycles. The van der Waals surface area contributed by atoms with Crippen LogP contribution in [0.2, 0.25) is 0 Å². The Balaban J connectivity index is 3.63. The molecule has 0 unspecified atom stereocenters. The fraction of sp³-hybridized carbons (Fsp3) is 1.00. The van der Waals surface area contributed by atoms with E-state index in [9.17, 15) is 8.42 Å². The molecule has 0 atom stereocenters. The first kappa shape index (κ1) is 10.9. The lowest BCUT2D eigenvalue weighted by Crippen LogP contribution is -2.15. The average molecular weight is 182 g/mol. The van der Waals surface area contributed by atoms with Crippen molar-refractivity contribution in [1.29, 1.82) is 0 Å². The normalized spacial score (nSPS) is 11.8. The summed E-state index contributed by atoms with van der Waals surface area (Å²) in [6.45, 7) is 4.31. The zero-order valence-electron chi connectivity index (χ0n) is 6.87. The molecule has 0 saturated carbocycles. The number of hydrogen-bond acceptors (Lipinski definition) is 4. The lowest BCUT2D eigenvalue weighted by molar-refractivity contribution is 0.171. The third kappa shape index (κ3) is 6.28. The quantitative estimate of drug-likeness (QED) is 0.596. The van der Waals surface area contributed by atoms with Crippen molar-refractivity contribution in [3.05, 3.63) is 0 Å². The Morgan fingerprint density at radius 2 is 1.36 bits per heavy atom. The highest BCUT2D eigenvalue weighted by molar-refractivity contribution is 7.91. The van der Waals surface area contributed by atoms with Crippen molar-refractivity contribution in [2.75, 3.05) is 25.1 Å². The van der Waals surface area contributed by atoms with Crippen LogP contribution >= 0.6 is 0 Å². The summed E-state index contributed by atoms with van der Waals surface area (Å²) in [5, 5.41) is 0. The molecular weight excluding hydrogens is 168 g/mol. The number of ether oxygens (including phenoxy) is 2. The molecule has 0 aliphatic rings. The van der Waals surface area contributed by atoms with Gasteiger partial charge in [0, 0.05) is 13.2 Å². The minimum absolute atomic E-state index is 0.247. The zero-order valence-corrected chi connectivity index (χ0v) is 7.69. The van der Waals surface area contributed by atoms with E-state index in [1.54, 1.807) is 13.8 Å². The van der Waals surface area contributed by atoms with Gasteiger partial charge in [-0.1, -0.05) is 0 Å². The molecule has 5 heteroatoms. The summed E-state index contributed by atoms with van der Waals surface area (Å²) in [4.78, 5) is 0. The summed E-state index contributed by atoms with van der Waals surface area (Å²) in [6.07, 6.45) is 0. The Bertz CT molecular complexity index is 159. The van der Waals surface area contributed by atoms with Gasteiger partial charge >= 0.3 is 0 Å². The van der Waals surface area contributed by atoms with Crippen LogP contribution in [0.15, 0.2) is 0 Å². The van der Waals surface area contributed by atoms with Gasteiger partial charge in [-0.2, -0.15) is 0 Å². The largest absolute Gasteiger partial charge is 0.366 e. The van der Waals surface area contributed by atoms with E-state index in [1.807, 2.05) is 0 Å². The van der Waals surface area contributed by atoms with Gasteiger partial charge in [-0.3, -0.25) is 0 Å². The van der Waals surface area contributed by atoms with Crippen molar-refractivity contribution in [3.8, 4) is 0 Å². The second kappa shape index (κ2) is 5.51. The molecule has 0 amide bonds. The van der Waals surface area contributed by atoms with Crippen LogP contribution in [-0.4, -0.2) is 33.5 Å². The SMILES string of the molecule is CCOCS(=O)(=O)COCC. The van der Waals surface area contributed by atoms with Crippen molar-refractivity contribution in [2.45, 2.75) is 13.8 Å². The van der Waals surface area contributed by atoms with Crippen LogP contribution in [0.4, 0.5) is 0 Å². The van der Waals surface area contributed by atoms with E-state index in [0.717, 1.165) is 0 Å². The van der Waals surface area contributed by atoms with Gasteiger partial charge in [0.25, 0.3) is 0 Å². The molecule has 0 aliphatic carbocycles. The molecule has 0 aromatic rings. The van der Waals surface area contributed by atoms with E-state index in [-0.39, 0.29) is 11.9 Å². The number of sulfone groups is 1. The fourth-order valence-corrected chi connectivity index (χ4v) is 1.36. The predicted octanol–water partition coefficient (Wildman–Crippen LogP) is 0.389. The maximum atomic E-state index is 10.9. The molecule has 68 valence electrons. The van der Waals surface area contributed by atoms with Gasteiger partial charge < -0.3 is 9.47 Å². The van der Waals surface area contributed by atoms with E-state index >= 15 is 0 Å². The van der Waals surface area contributed by atoms with Crippen LogP contribution in [0.25, 0.3) is 0 Å². The van der Waals surface area contributed by atoms with Crippen molar-refractivity contribution in [1.82, 2.24) is 0 Å². The molecule has 0 fully saturated rings. The number of rotatable bonds is 6. The second-order valence-electron chi connectivity index (χ2n) is 1.96. The van der Waals surface area contributed by atoms with Gasteiger partial charge in [-0.05, 0) is 13.8 Å². The summed E-state index contributed by atoms with van der Waals surface area (Å²) < 4.78 is 31.3. The van der Waals surface area contributed by atoms with Gasteiger partial charge in [0.15, 0.2) is 21.7 Å². The highest BCUT2D eigenvalue weighted by Gasteiger charge is 2.09. The maximum absolute atomic E-state index is 10.9. The third-order valence-electron chi connectivity index (χ3n) is 0.934. The van der Waals surface area contributed by atoms with Crippen molar-refractivity contribution in [3.63, 3.8) is 0 Å². The lowest BCUT2D eigenvalue weighted by Gasteiger charge is -2.03. The predicted molar refractivity (Wildman–Crippen MR) is 41.9 cm³/mol. The molecule has 0 aliphatic heterocycles. The molecule has 0 rings (SSSR count). The van der Waals surface area contributed by atoms with Gasteiger partial charge in [0.1, 0.15) is 0 Å². The Morgan fingerprint density at radius 3 is 1.64 bits per heavy atom. The van der Waals surface area contributed by atoms with Gasteiger partial charge in [0.2, 0.25) is 0 Å². The molecule has 0 bridgehead atoms. The molecule has 0 spiro atoms. The Morgan fingerprint density at radius 1 is 1.00 bits per heavy atom. The summed E-state index contributed by atoms with van der Waals surface area (Å²) in [5.74, 6) is -0.493. The average Bonchev–Trinajstić information content (AvgIpc) is 1.97. The minimum atomic E-state index is -3.15. The monoisotopic (exact) mass is 182 g/mol. The van der Waals surface area contributed by atoms with E-state index < -0.39 is 9.84 Å². The van der Waals surface area contributed by atoms with Crippen LogP contribution < -0.4 is 0 Å². The van der Waals surface area contributed by atoms with E-state index in [2.05, 4.69) is 0 Å². The van der Waals surface area contributed by atoms with Crippen molar-refractivity contribution in [2.24, 2.45) is 0 Å². The summed E-state index contributed by atoms with van der Waals surface area (Å²) in [7, 11) is -3.15. The van der Waals surface area contributed by atoms with Crippen LogP contribution in [0.3, 0.4) is 0 Å². The standard InChI is InChI=1S/C6H14O4S/c1-3-9-5-11(7,8)6-10-4-2/h3-6H2,1-2H3. The topological polar surface area (TPSA) is 52.6 Å². The molecular formula is C6H14O4S. The highest BCUT2D eigenvalue weighted by atomic mass is 32.2. The van der Waals surface area contributed by atoms with Gasteiger partial charge in [-0.15, -0.1) is 0 Å².